The van der Waals surface area contributed by atoms with E-state index in [9.17, 15) is 4.79 Å². The number of pyridine rings is 1. The number of nitrogens with zero attached hydrogens (tertiary/aromatic N) is 1. The standard InChI is InChI=1S/C14H20N2O2S/c1-2-18-14(17)11-7-8-16-13(12(11)15)19-9-10-5-3-4-6-10/h7-8,10H,2-6,9,15H2,1H3. The highest BCUT2D eigenvalue weighted by Gasteiger charge is 2.18. The van der Waals surface area contributed by atoms with Gasteiger partial charge in [-0.15, -0.1) is 11.8 Å². The summed E-state index contributed by atoms with van der Waals surface area (Å²) in [6, 6.07) is 1.62. The number of hydrogen-bond donors (Lipinski definition) is 1. The molecule has 0 aliphatic heterocycles. The van der Waals surface area contributed by atoms with Gasteiger partial charge in [0, 0.05) is 11.9 Å². The van der Waals surface area contributed by atoms with Crippen molar-refractivity contribution in [3.05, 3.63) is 17.8 Å². The van der Waals surface area contributed by atoms with Crippen LogP contribution >= 0.6 is 11.8 Å². The van der Waals surface area contributed by atoms with Crippen LogP contribution in [0.1, 0.15) is 43.0 Å². The average molecular weight is 280 g/mol. The summed E-state index contributed by atoms with van der Waals surface area (Å²) >= 11 is 1.65. The molecule has 104 valence electrons. The topological polar surface area (TPSA) is 65.2 Å². The molecular formula is C14H20N2O2S. The van der Waals surface area contributed by atoms with Gasteiger partial charge in [0.15, 0.2) is 0 Å². The summed E-state index contributed by atoms with van der Waals surface area (Å²) in [7, 11) is 0. The van der Waals surface area contributed by atoms with Crippen LogP contribution in [0.2, 0.25) is 0 Å². The maximum absolute atomic E-state index is 11.7. The van der Waals surface area contributed by atoms with E-state index in [1.54, 1.807) is 30.9 Å². The Labute approximate surface area is 118 Å². The van der Waals surface area contributed by atoms with Crippen molar-refractivity contribution in [3.63, 3.8) is 0 Å². The SMILES string of the molecule is CCOC(=O)c1ccnc(SCC2CCCC2)c1N. The first-order valence-electron chi connectivity index (χ1n) is 6.76. The second kappa shape index (κ2) is 6.80. The molecule has 0 radical (unpaired) electrons. The number of nitrogens with two attached hydrogens (primary N) is 1. The van der Waals surface area contributed by atoms with Gasteiger partial charge >= 0.3 is 5.97 Å². The third kappa shape index (κ3) is 3.62. The number of carbonyl (C=O) groups is 1. The molecule has 1 aliphatic carbocycles. The Morgan fingerprint density at radius 3 is 2.95 bits per heavy atom. The first-order chi connectivity index (χ1) is 9.22. The van der Waals surface area contributed by atoms with Crippen molar-refractivity contribution >= 4 is 23.4 Å². The van der Waals surface area contributed by atoms with E-state index in [2.05, 4.69) is 4.98 Å². The summed E-state index contributed by atoms with van der Waals surface area (Å²) in [5.41, 5.74) is 6.89. The van der Waals surface area contributed by atoms with Crippen molar-refractivity contribution in [1.29, 1.82) is 0 Å². The largest absolute Gasteiger partial charge is 0.462 e. The molecule has 0 amide bonds. The molecule has 1 heterocycles. The number of ether oxygens (including phenoxy) is 1. The lowest BCUT2D eigenvalue weighted by Crippen LogP contribution is -2.09. The molecule has 0 bridgehead atoms. The van der Waals surface area contributed by atoms with E-state index in [1.165, 1.54) is 25.7 Å². The van der Waals surface area contributed by atoms with Crippen LogP contribution in [0.5, 0.6) is 0 Å². The molecule has 1 aliphatic rings. The van der Waals surface area contributed by atoms with E-state index in [0.717, 1.165) is 16.7 Å². The molecule has 0 aromatic carbocycles. The van der Waals surface area contributed by atoms with Gasteiger partial charge in [-0.05, 0) is 31.7 Å². The highest BCUT2D eigenvalue weighted by molar-refractivity contribution is 7.99. The molecule has 1 saturated carbocycles. The van der Waals surface area contributed by atoms with Crippen LogP contribution in [0.15, 0.2) is 17.3 Å². The zero-order chi connectivity index (χ0) is 13.7. The fourth-order valence-corrected chi connectivity index (χ4v) is 3.46. The molecule has 0 atom stereocenters. The predicted octanol–water partition coefficient (Wildman–Crippen LogP) is 3.12. The van der Waals surface area contributed by atoms with Crippen LogP contribution in [0.25, 0.3) is 0 Å². The number of rotatable bonds is 5. The number of hydrogen-bond acceptors (Lipinski definition) is 5. The Bertz CT molecular complexity index is 445. The lowest BCUT2D eigenvalue weighted by atomic mass is 10.1. The molecule has 1 aromatic heterocycles. The molecule has 0 saturated heterocycles. The minimum absolute atomic E-state index is 0.352. The number of nitrogen functional groups attached to an aromatic ring is 1. The van der Waals surface area contributed by atoms with Crippen molar-refractivity contribution in [2.75, 3.05) is 18.1 Å². The lowest BCUT2D eigenvalue weighted by molar-refractivity contribution is 0.0527. The average Bonchev–Trinajstić information content (AvgIpc) is 2.91. The Morgan fingerprint density at radius 1 is 1.53 bits per heavy atom. The summed E-state index contributed by atoms with van der Waals surface area (Å²) in [5, 5.41) is 0.748. The van der Waals surface area contributed by atoms with Crippen LogP contribution in [0, 0.1) is 5.92 Å². The molecule has 1 fully saturated rings. The van der Waals surface area contributed by atoms with Gasteiger partial charge in [0.25, 0.3) is 0 Å². The van der Waals surface area contributed by atoms with E-state index in [1.807, 2.05) is 0 Å². The minimum atomic E-state index is -0.370. The van der Waals surface area contributed by atoms with Crippen molar-refractivity contribution in [3.8, 4) is 0 Å². The van der Waals surface area contributed by atoms with Crippen LogP contribution in [-0.2, 0) is 4.74 Å². The van der Waals surface area contributed by atoms with Gasteiger partial charge in [-0.2, -0.15) is 0 Å². The normalized spacial score (nSPS) is 15.6. The molecule has 0 spiro atoms. The van der Waals surface area contributed by atoms with Crippen molar-refractivity contribution in [2.45, 2.75) is 37.6 Å². The molecule has 0 unspecified atom stereocenters. The summed E-state index contributed by atoms with van der Waals surface area (Å²) in [5.74, 6) is 1.42. The monoisotopic (exact) mass is 280 g/mol. The van der Waals surface area contributed by atoms with E-state index in [0.29, 0.717) is 17.9 Å². The first kappa shape index (κ1) is 14.2. The summed E-state index contributed by atoms with van der Waals surface area (Å²) in [6.45, 7) is 2.14. The first-order valence-corrected chi connectivity index (χ1v) is 7.75. The second-order valence-corrected chi connectivity index (χ2v) is 5.77. The Morgan fingerprint density at radius 2 is 2.26 bits per heavy atom. The third-order valence-electron chi connectivity index (χ3n) is 3.38. The van der Waals surface area contributed by atoms with E-state index in [-0.39, 0.29) is 5.97 Å². The van der Waals surface area contributed by atoms with Crippen molar-refractivity contribution in [2.24, 2.45) is 5.92 Å². The van der Waals surface area contributed by atoms with Crippen molar-refractivity contribution in [1.82, 2.24) is 4.98 Å². The molecule has 19 heavy (non-hydrogen) atoms. The highest BCUT2D eigenvalue weighted by Crippen LogP contribution is 2.33. The third-order valence-corrected chi connectivity index (χ3v) is 4.62. The molecule has 2 rings (SSSR count). The van der Waals surface area contributed by atoms with E-state index in [4.69, 9.17) is 10.5 Å². The molecule has 5 heteroatoms. The lowest BCUT2D eigenvalue weighted by Gasteiger charge is -2.11. The molecule has 1 aromatic rings. The van der Waals surface area contributed by atoms with Crippen molar-refractivity contribution < 1.29 is 9.53 Å². The van der Waals surface area contributed by atoms with Gasteiger partial charge in [0.1, 0.15) is 5.03 Å². The van der Waals surface area contributed by atoms with Crippen LogP contribution in [0.3, 0.4) is 0 Å². The minimum Gasteiger partial charge on any atom is -0.462 e. The zero-order valence-corrected chi connectivity index (χ0v) is 12.0. The zero-order valence-electron chi connectivity index (χ0n) is 11.2. The quantitative estimate of drug-likeness (QED) is 0.663. The summed E-state index contributed by atoms with van der Waals surface area (Å²) in [6.07, 6.45) is 6.88. The molecular weight excluding hydrogens is 260 g/mol. The van der Waals surface area contributed by atoms with Gasteiger partial charge in [0.05, 0.1) is 17.9 Å². The van der Waals surface area contributed by atoms with E-state index >= 15 is 0 Å². The number of esters is 1. The summed E-state index contributed by atoms with van der Waals surface area (Å²) in [4.78, 5) is 16.0. The number of aromatic nitrogens is 1. The maximum Gasteiger partial charge on any atom is 0.340 e. The van der Waals surface area contributed by atoms with Gasteiger partial charge in [-0.3, -0.25) is 0 Å². The molecule has 4 nitrogen and oxygen atoms in total. The maximum atomic E-state index is 11.7. The van der Waals surface area contributed by atoms with E-state index < -0.39 is 0 Å². The smallest absolute Gasteiger partial charge is 0.340 e. The summed E-state index contributed by atoms with van der Waals surface area (Å²) < 4.78 is 4.99. The van der Waals surface area contributed by atoms with Gasteiger partial charge in [-0.25, -0.2) is 9.78 Å². The highest BCUT2D eigenvalue weighted by atomic mass is 32.2. The number of thioether (sulfide) groups is 1. The van der Waals surface area contributed by atoms with Gasteiger partial charge in [0.2, 0.25) is 0 Å². The van der Waals surface area contributed by atoms with Gasteiger partial charge in [-0.1, -0.05) is 12.8 Å². The fourth-order valence-electron chi connectivity index (χ4n) is 2.33. The second-order valence-electron chi connectivity index (χ2n) is 4.76. The Hall–Kier alpha value is -1.23. The molecule has 2 N–H and O–H groups in total. The Kier molecular flexibility index (Phi) is 5.07. The van der Waals surface area contributed by atoms with Crippen LogP contribution in [0.4, 0.5) is 5.69 Å². The predicted molar refractivity (Wildman–Crippen MR) is 77.3 cm³/mol. The van der Waals surface area contributed by atoms with Crippen LogP contribution in [-0.4, -0.2) is 23.3 Å². The fraction of sp³-hybridized carbons (Fsp3) is 0.571. The number of carbonyl (C=O) groups excluding carboxylic acids is 1. The number of anilines is 1. The van der Waals surface area contributed by atoms with Gasteiger partial charge < -0.3 is 10.5 Å². The Balaban J connectivity index is 2.03. The van der Waals surface area contributed by atoms with Crippen LogP contribution < -0.4 is 5.73 Å².